The number of amides is 3. The first kappa shape index (κ1) is 17.3. The summed E-state index contributed by atoms with van der Waals surface area (Å²) in [6.45, 7) is 4.76. The van der Waals surface area contributed by atoms with E-state index in [4.69, 9.17) is 5.73 Å². The van der Waals surface area contributed by atoms with Crippen LogP contribution in [0.2, 0.25) is 0 Å². The van der Waals surface area contributed by atoms with E-state index >= 15 is 0 Å². The third-order valence-electron chi connectivity index (χ3n) is 3.24. The zero-order valence-corrected chi connectivity index (χ0v) is 13.0. The van der Waals surface area contributed by atoms with Crippen molar-refractivity contribution in [3.05, 3.63) is 23.8 Å². The van der Waals surface area contributed by atoms with Gasteiger partial charge in [-0.2, -0.15) is 0 Å². The maximum Gasteiger partial charge on any atom is 0.321 e. The SMILES string of the molecule is CCNC(=O)N1CCc2ccc(NC(=O)[C@H](C)N)cc21.Cl. The van der Waals surface area contributed by atoms with Crippen LogP contribution in [0.4, 0.5) is 16.2 Å². The summed E-state index contributed by atoms with van der Waals surface area (Å²) in [7, 11) is 0. The summed E-state index contributed by atoms with van der Waals surface area (Å²) in [5, 5.41) is 5.53. The minimum absolute atomic E-state index is 0. The summed E-state index contributed by atoms with van der Waals surface area (Å²) in [4.78, 5) is 25.3. The Hall–Kier alpha value is -1.79. The first-order valence-corrected chi connectivity index (χ1v) is 6.77. The van der Waals surface area contributed by atoms with Gasteiger partial charge in [-0.25, -0.2) is 4.79 Å². The molecule has 116 valence electrons. The quantitative estimate of drug-likeness (QED) is 0.790. The molecule has 0 bridgehead atoms. The molecule has 21 heavy (non-hydrogen) atoms. The molecule has 1 aromatic carbocycles. The highest BCUT2D eigenvalue weighted by atomic mass is 35.5. The van der Waals surface area contributed by atoms with Gasteiger partial charge in [0.05, 0.1) is 11.7 Å². The van der Waals surface area contributed by atoms with Crippen molar-refractivity contribution in [1.82, 2.24) is 5.32 Å². The van der Waals surface area contributed by atoms with E-state index < -0.39 is 6.04 Å². The third kappa shape index (κ3) is 3.86. The first-order valence-electron chi connectivity index (χ1n) is 6.77. The van der Waals surface area contributed by atoms with Crippen LogP contribution in [-0.4, -0.2) is 31.1 Å². The molecule has 0 saturated heterocycles. The van der Waals surface area contributed by atoms with Gasteiger partial charge in [0.25, 0.3) is 0 Å². The van der Waals surface area contributed by atoms with Crippen LogP contribution in [0.25, 0.3) is 0 Å². The highest BCUT2D eigenvalue weighted by Gasteiger charge is 2.24. The number of anilines is 2. The maximum atomic E-state index is 12.0. The lowest BCUT2D eigenvalue weighted by molar-refractivity contribution is -0.117. The molecule has 0 aromatic heterocycles. The lowest BCUT2D eigenvalue weighted by atomic mass is 10.1. The van der Waals surface area contributed by atoms with Gasteiger partial charge in [-0.3, -0.25) is 9.69 Å². The number of halogens is 1. The van der Waals surface area contributed by atoms with Crippen LogP contribution in [0.3, 0.4) is 0 Å². The third-order valence-corrected chi connectivity index (χ3v) is 3.24. The van der Waals surface area contributed by atoms with Crippen molar-refractivity contribution in [1.29, 1.82) is 0 Å². The Kier molecular flexibility index (Phi) is 5.99. The molecule has 0 saturated carbocycles. The van der Waals surface area contributed by atoms with Gasteiger partial charge in [-0.05, 0) is 38.0 Å². The van der Waals surface area contributed by atoms with Gasteiger partial charge in [0, 0.05) is 18.8 Å². The van der Waals surface area contributed by atoms with Gasteiger partial charge >= 0.3 is 6.03 Å². The van der Waals surface area contributed by atoms with Crippen LogP contribution in [0, 0.1) is 0 Å². The number of carbonyl (C=O) groups excluding carboxylic acids is 2. The summed E-state index contributed by atoms with van der Waals surface area (Å²) in [5.74, 6) is -0.243. The number of fused-ring (bicyclic) bond motifs is 1. The van der Waals surface area contributed by atoms with E-state index in [1.807, 2.05) is 25.1 Å². The van der Waals surface area contributed by atoms with Crippen LogP contribution in [-0.2, 0) is 11.2 Å². The topological polar surface area (TPSA) is 87.5 Å². The number of carbonyl (C=O) groups is 2. The van der Waals surface area contributed by atoms with Crippen molar-refractivity contribution < 1.29 is 9.59 Å². The van der Waals surface area contributed by atoms with Gasteiger partial charge < -0.3 is 16.4 Å². The highest BCUT2D eigenvalue weighted by molar-refractivity contribution is 5.98. The van der Waals surface area contributed by atoms with E-state index in [1.54, 1.807) is 11.8 Å². The van der Waals surface area contributed by atoms with E-state index in [1.165, 1.54) is 0 Å². The number of nitrogens with one attached hydrogen (secondary N) is 2. The van der Waals surface area contributed by atoms with E-state index in [2.05, 4.69) is 10.6 Å². The second-order valence-electron chi connectivity index (χ2n) is 4.86. The molecule has 7 heteroatoms. The second-order valence-corrected chi connectivity index (χ2v) is 4.86. The number of rotatable bonds is 3. The Labute approximate surface area is 130 Å². The lowest BCUT2D eigenvalue weighted by Crippen LogP contribution is -2.38. The van der Waals surface area contributed by atoms with Crippen molar-refractivity contribution in [2.45, 2.75) is 26.3 Å². The van der Waals surface area contributed by atoms with Crippen molar-refractivity contribution in [3.63, 3.8) is 0 Å². The number of hydrogen-bond acceptors (Lipinski definition) is 3. The van der Waals surface area contributed by atoms with Crippen molar-refractivity contribution >= 4 is 35.7 Å². The summed E-state index contributed by atoms with van der Waals surface area (Å²) in [5.41, 5.74) is 8.13. The van der Waals surface area contributed by atoms with Crippen molar-refractivity contribution in [2.24, 2.45) is 5.73 Å². The molecule has 1 aromatic rings. The summed E-state index contributed by atoms with van der Waals surface area (Å²) < 4.78 is 0. The fraction of sp³-hybridized carbons (Fsp3) is 0.429. The Morgan fingerprint density at radius 3 is 2.76 bits per heavy atom. The van der Waals surface area contributed by atoms with Gasteiger partial charge in [0.1, 0.15) is 0 Å². The van der Waals surface area contributed by atoms with E-state index in [0.717, 1.165) is 17.7 Å². The van der Waals surface area contributed by atoms with E-state index in [0.29, 0.717) is 18.8 Å². The summed E-state index contributed by atoms with van der Waals surface area (Å²) in [6, 6.07) is 4.91. The molecular formula is C14H21ClN4O2. The highest BCUT2D eigenvalue weighted by Crippen LogP contribution is 2.30. The number of urea groups is 1. The Bertz CT molecular complexity index is 534. The molecule has 2 rings (SSSR count). The van der Waals surface area contributed by atoms with Gasteiger partial charge in [-0.1, -0.05) is 6.07 Å². The normalized spacial score (nSPS) is 14.0. The summed E-state index contributed by atoms with van der Waals surface area (Å²) >= 11 is 0. The van der Waals surface area contributed by atoms with Crippen molar-refractivity contribution in [2.75, 3.05) is 23.3 Å². The largest absolute Gasteiger partial charge is 0.338 e. The fourth-order valence-corrected chi connectivity index (χ4v) is 2.17. The van der Waals surface area contributed by atoms with Gasteiger partial charge in [0.2, 0.25) is 5.91 Å². The van der Waals surface area contributed by atoms with Gasteiger partial charge in [-0.15, -0.1) is 12.4 Å². The molecule has 0 radical (unpaired) electrons. The molecule has 1 heterocycles. The zero-order chi connectivity index (χ0) is 14.7. The van der Waals surface area contributed by atoms with E-state index in [-0.39, 0.29) is 24.3 Å². The standard InChI is InChI=1S/C14H20N4O2.ClH/c1-3-16-14(20)18-7-6-10-4-5-11(8-12(10)18)17-13(19)9(2)15;/h4-5,8-9H,3,6-7,15H2,1-2H3,(H,16,20)(H,17,19);1H/t9-;/m0./s1. The molecule has 0 spiro atoms. The Balaban J connectivity index is 0.00000220. The number of nitrogens with two attached hydrogens (primary N) is 1. The number of hydrogen-bond donors (Lipinski definition) is 3. The minimum Gasteiger partial charge on any atom is -0.338 e. The molecule has 6 nitrogen and oxygen atoms in total. The lowest BCUT2D eigenvalue weighted by Gasteiger charge is -2.18. The van der Waals surface area contributed by atoms with Crippen LogP contribution in [0.5, 0.6) is 0 Å². The van der Waals surface area contributed by atoms with Crippen LogP contribution in [0.1, 0.15) is 19.4 Å². The minimum atomic E-state index is -0.567. The summed E-state index contributed by atoms with van der Waals surface area (Å²) in [6.07, 6.45) is 0.827. The first-order chi connectivity index (χ1) is 9.52. The van der Waals surface area contributed by atoms with Crippen LogP contribution in [0.15, 0.2) is 18.2 Å². The number of nitrogens with zero attached hydrogens (tertiary/aromatic N) is 1. The monoisotopic (exact) mass is 312 g/mol. The van der Waals surface area contributed by atoms with Crippen LogP contribution < -0.4 is 21.3 Å². The Morgan fingerprint density at radius 2 is 2.14 bits per heavy atom. The maximum absolute atomic E-state index is 12.0. The smallest absolute Gasteiger partial charge is 0.321 e. The van der Waals surface area contributed by atoms with E-state index in [9.17, 15) is 9.59 Å². The molecule has 4 N–H and O–H groups in total. The molecule has 1 aliphatic heterocycles. The van der Waals surface area contributed by atoms with Crippen molar-refractivity contribution in [3.8, 4) is 0 Å². The molecule has 0 unspecified atom stereocenters. The molecule has 0 aliphatic carbocycles. The average molecular weight is 313 g/mol. The average Bonchev–Trinajstić information content (AvgIpc) is 2.82. The number of benzene rings is 1. The van der Waals surface area contributed by atoms with Gasteiger partial charge in [0.15, 0.2) is 0 Å². The predicted molar refractivity (Wildman–Crippen MR) is 86.1 cm³/mol. The Morgan fingerprint density at radius 1 is 1.43 bits per heavy atom. The second kappa shape index (κ2) is 7.28. The zero-order valence-electron chi connectivity index (χ0n) is 12.2. The molecule has 3 amide bonds. The molecular weight excluding hydrogens is 292 g/mol. The molecule has 1 aliphatic rings. The van der Waals surface area contributed by atoms with Crippen LogP contribution >= 0.6 is 12.4 Å². The predicted octanol–water partition coefficient (Wildman–Crippen LogP) is 1.49. The fourth-order valence-electron chi connectivity index (χ4n) is 2.17. The molecule has 0 fully saturated rings. The molecule has 1 atom stereocenters.